The van der Waals surface area contributed by atoms with Crippen LogP contribution in [0.5, 0.6) is 5.75 Å². The number of pyridine rings is 1. The normalized spacial score (nSPS) is 22.5. The number of nitrogens with one attached hydrogen (secondary N) is 1. The summed E-state index contributed by atoms with van der Waals surface area (Å²) >= 11 is 0. The fourth-order valence-electron chi connectivity index (χ4n) is 3.84. The number of fused-ring (bicyclic) bond motifs is 4. The molecule has 0 spiro atoms. The lowest BCUT2D eigenvalue weighted by molar-refractivity contribution is 0.257. The van der Waals surface area contributed by atoms with Gasteiger partial charge in [-0.15, -0.1) is 0 Å². The molecule has 1 saturated heterocycles. The average Bonchev–Trinajstić information content (AvgIpc) is 2.57. The van der Waals surface area contributed by atoms with Crippen LogP contribution in [0.15, 0.2) is 35.1 Å². The molecular formula is C18H19FN2O2. The number of methoxy groups -OCH3 is 1. The number of aromatic nitrogens is 1. The molecule has 2 unspecified atom stereocenters. The van der Waals surface area contributed by atoms with Crippen molar-refractivity contribution in [3.63, 3.8) is 0 Å². The quantitative estimate of drug-likeness (QED) is 0.925. The summed E-state index contributed by atoms with van der Waals surface area (Å²) in [6.07, 6.45) is 1.13. The van der Waals surface area contributed by atoms with Gasteiger partial charge in [0, 0.05) is 36.3 Å². The average molecular weight is 314 g/mol. The van der Waals surface area contributed by atoms with E-state index < -0.39 is 5.82 Å². The van der Waals surface area contributed by atoms with Crippen molar-refractivity contribution in [3.05, 3.63) is 52.2 Å². The summed E-state index contributed by atoms with van der Waals surface area (Å²) in [5, 5.41) is 3.43. The number of benzene rings is 1. The lowest BCUT2D eigenvalue weighted by atomic mass is 9.84. The molecule has 0 radical (unpaired) electrons. The Balaban J connectivity index is 1.83. The van der Waals surface area contributed by atoms with Crippen LogP contribution in [0.25, 0.3) is 11.1 Å². The van der Waals surface area contributed by atoms with Gasteiger partial charge in [0.2, 0.25) is 0 Å². The Hall–Kier alpha value is -2.14. The third-order valence-electron chi connectivity index (χ3n) is 4.98. The van der Waals surface area contributed by atoms with E-state index in [1.807, 2.05) is 10.6 Å². The summed E-state index contributed by atoms with van der Waals surface area (Å²) in [4.78, 5) is 12.9. The minimum absolute atomic E-state index is 0.0943. The Morgan fingerprint density at radius 3 is 2.83 bits per heavy atom. The zero-order chi connectivity index (χ0) is 16.0. The summed E-state index contributed by atoms with van der Waals surface area (Å²) in [5.41, 5.74) is 1.72. The molecule has 1 N–H and O–H groups in total. The van der Waals surface area contributed by atoms with Crippen molar-refractivity contribution in [2.75, 3.05) is 20.2 Å². The number of hydrogen-bond acceptors (Lipinski definition) is 3. The van der Waals surface area contributed by atoms with Crippen LogP contribution >= 0.6 is 0 Å². The molecule has 3 heterocycles. The predicted octanol–water partition coefficient (Wildman–Crippen LogP) is 2.37. The summed E-state index contributed by atoms with van der Waals surface area (Å²) < 4.78 is 21.2. The van der Waals surface area contributed by atoms with Crippen LogP contribution in [-0.2, 0) is 6.54 Å². The van der Waals surface area contributed by atoms with Gasteiger partial charge in [-0.2, -0.15) is 0 Å². The highest BCUT2D eigenvalue weighted by molar-refractivity contribution is 5.64. The first-order chi connectivity index (χ1) is 11.2. The number of halogens is 1. The number of hydrogen-bond donors (Lipinski definition) is 1. The first-order valence-corrected chi connectivity index (χ1v) is 7.95. The third-order valence-corrected chi connectivity index (χ3v) is 4.98. The largest absolute Gasteiger partial charge is 0.497 e. The van der Waals surface area contributed by atoms with Crippen LogP contribution in [0.3, 0.4) is 0 Å². The minimum Gasteiger partial charge on any atom is -0.497 e. The first kappa shape index (κ1) is 14.5. The fourth-order valence-corrected chi connectivity index (χ4v) is 3.84. The molecule has 23 heavy (non-hydrogen) atoms. The molecule has 0 aliphatic carbocycles. The molecule has 4 nitrogen and oxygen atoms in total. The molecule has 1 aromatic carbocycles. The molecule has 1 aromatic heterocycles. The Morgan fingerprint density at radius 1 is 1.22 bits per heavy atom. The van der Waals surface area contributed by atoms with Crippen LogP contribution in [0.2, 0.25) is 0 Å². The van der Waals surface area contributed by atoms with Crippen molar-refractivity contribution in [1.29, 1.82) is 0 Å². The Bertz CT molecular complexity index is 815. The summed E-state index contributed by atoms with van der Waals surface area (Å²) in [5.74, 6) is 0.879. The van der Waals surface area contributed by atoms with Gasteiger partial charge in [0.1, 0.15) is 11.6 Å². The van der Waals surface area contributed by atoms with Gasteiger partial charge < -0.3 is 14.6 Å². The minimum atomic E-state index is -0.431. The Kier molecular flexibility index (Phi) is 3.45. The van der Waals surface area contributed by atoms with Gasteiger partial charge in [-0.1, -0.05) is 0 Å². The third kappa shape index (κ3) is 2.36. The molecule has 4 rings (SSSR count). The number of ether oxygens (including phenoxy) is 1. The summed E-state index contributed by atoms with van der Waals surface area (Å²) in [6.45, 7) is 2.57. The summed E-state index contributed by atoms with van der Waals surface area (Å²) in [6, 6.07) is 8.35. The van der Waals surface area contributed by atoms with Crippen LogP contribution in [-0.4, -0.2) is 24.8 Å². The maximum atomic E-state index is 14.3. The number of piperidine rings is 1. The van der Waals surface area contributed by atoms with E-state index in [-0.39, 0.29) is 5.56 Å². The van der Waals surface area contributed by atoms with Crippen molar-refractivity contribution in [3.8, 4) is 16.9 Å². The highest BCUT2D eigenvalue weighted by Gasteiger charge is 2.31. The van der Waals surface area contributed by atoms with E-state index in [1.54, 1.807) is 18.2 Å². The molecule has 120 valence electrons. The second-order valence-corrected chi connectivity index (χ2v) is 6.39. The van der Waals surface area contributed by atoms with Crippen molar-refractivity contribution in [2.45, 2.75) is 18.9 Å². The SMILES string of the molecule is COc1ccc(-c2ccc3n(c2=O)CC2CNCC3C2)c(F)c1. The molecule has 0 amide bonds. The van der Waals surface area contributed by atoms with E-state index in [4.69, 9.17) is 4.74 Å². The van der Waals surface area contributed by atoms with Gasteiger partial charge >= 0.3 is 0 Å². The molecule has 2 bridgehead atoms. The molecule has 2 aromatic rings. The van der Waals surface area contributed by atoms with E-state index in [9.17, 15) is 9.18 Å². The zero-order valence-corrected chi connectivity index (χ0v) is 13.0. The topological polar surface area (TPSA) is 43.3 Å². The smallest absolute Gasteiger partial charge is 0.258 e. The molecule has 2 aliphatic rings. The number of rotatable bonds is 2. The molecule has 2 aliphatic heterocycles. The van der Waals surface area contributed by atoms with Crippen molar-refractivity contribution >= 4 is 0 Å². The molecule has 5 heteroatoms. The highest BCUT2D eigenvalue weighted by Crippen LogP contribution is 2.33. The fraction of sp³-hybridized carbons (Fsp3) is 0.389. The molecule has 0 saturated carbocycles. The van der Waals surface area contributed by atoms with E-state index in [2.05, 4.69) is 5.32 Å². The molecular weight excluding hydrogens is 295 g/mol. The van der Waals surface area contributed by atoms with Crippen LogP contribution < -0.4 is 15.6 Å². The number of nitrogens with zero attached hydrogens (tertiary/aromatic N) is 1. The molecule has 2 atom stereocenters. The lowest BCUT2D eigenvalue weighted by Crippen LogP contribution is -2.45. The lowest BCUT2D eigenvalue weighted by Gasteiger charge is -2.37. The van der Waals surface area contributed by atoms with Crippen molar-refractivity contribution < 1.29 is 9.13 Å². The van der Waals surface area contributed by atoms with Gasteiger partial charge in [0.15, 0.2) is 0 Å². The second kappa shape index (κ2) is 5.49. The van der Waals surface area contributed by atoms with E-state index >= 15 is 0 Å². The van der Waals surface area contributed by atoms with Gasteiger partial charge in [0.05, 0.1) is 12.7 Å². The van der Waals surface area contributed by atoms with Crippen LogP contribution in [0, 0.1) is 11.7 Å². The van der Waals surface area contributed by atoms with Gasteiger partial charge in [-0.05, 0) is 43.1 Å². The first-order valence-electron chi connectivity index (χ1n) is 7.95. The van der Waals surface area contributed by atoms with Gasteiger partial charge in [0.25, 0.3) is 5.56 Å². The Morgan fingerprint density at radius 2 is 2.04 bits per heavy atom. The monoisotopic (exact) mass is 314 g/mol. The summed E-state index contributed by atoms with van der Waals surface area (Å²) in [7, 11) is 1.50. The van der Waals surface area contributed by atoms with E-state index in [1.165, 1.54) is 13.2 Å². The highest BCUT2D eigenvalue weighted by atomic mass is 19.1. The molecule has 1 fully saturated rings. The zero-order valence-electron chi connectivity index (χ0n) is 13.0. The maximum Gasteiger partial charge on any atom is 0.258 e. The second-order valence-electron chi connectivity index (χ2n) is 6.39. The van der Waals surface area contributed by atoms with Crippen molar-refractivity contribution in [2.24, 2.45) is 5.92 Å². The standard InChI is InChI=1S/C18H19FN2O2/c1-23-13-2-3-14(16(19)7-13)15-4-5-17-12-6-11(8-20-9-12)10-21(17)18(15)22/h2-5,7,11-12,20H,6,8-10H2,1H3. The van der Waals surface area contributed by atoms with Crippen LogP contribution in [0.1, 0.15) is 18.0 Å². The Labute approximate surface area is 133 Å². The van der Waals surface area contributed by atoms with Gasteiger partial charge in [-0.3, -0.25) is 4.79 Å². The maximum absolute atomic E-state index is 14.3. The van der Waals surface area contributed by atoms with Crippen molar-refractivity contribution in [1.82, 2.24) is 9.88 Å². The van der Waals surface area contributed by atoms with Crippen LogP contribution in [0.4, 0.5) is 4.39 Å². The predicted molar refractivity (Wildman–Crippen MR) is 86.4 cm³/mol. The van der Waals surface area contributed by atoms with Gasteiger partial charge in [-0.25, -0.2) is 4.39 Å². The van der Waals surface area contributed by atoms with E-state index in [0.29, 0.717) is 35.3 Å². The van der Waals surface area contributed by atoms with E-state index in [0.717, 1.165) is 25.2 Å².